The Bertz CT molecular complexity index is 280. The van der Waals surface area contributed by atoms with Gasteiger partial charge in [0, 0.05) is 13.6 Å². The molecule has 0 radical (unpaired) electrons. The van der Waals surface area contributed by atoms with Crippen molar-refractivity contribution in [2.75, 3.05) is 13.6 Å². The monoisotopic (exact) mass is 253 g/mol. The maximum Gasteiger partial charge on any atom is 0.191 e. The zero-order valence-corrected chi connectivity index (χ0v) is 11.7. The van der Waals surface area contributed by atoms with Crippen LogP contribution in [0.2, 0.25) is 0 Å². The topological polar surface area (TPSA) is 45.7 Å². The Morgan fingerprint density at radius 3 is 2.78 bits per heavy atom. The second kappa shape index (κ2) is 6.98. The Morgan fingerprint density at radius 1 is 1.28 bits per heavy atom. The third kappa shape index (κ3) is 3.61. The predicted octanol–water partition coefficient (Wildman–Crippen LogP) is 2.05. The van der Waals surface area contributed by atoms with Crippen LogP contribution >= 0.6 is 0 Å². The standard InChI is InChI=1S/C14H27N3O/c1-3-4-5-6-9-16-14(15-2)17-12-10-11-7-8-13(12)18-11/h11-13H,3-10H2,1-2H3,(H2,15,16,17). The number of guanidine groups is 1. The summed E-state index contributed by atoms with van der Waals surface area (Å²) in [5, 5.41) is 6.90. The lowest BCUT2D eigenvalue weighted by Crippen LogP contribution is -2.47. The molecule has 2 aliphatic rings. The third-order valence-corrected chi connectivity index (χ3v) is 3.97. The number of hydrogen-bond acceptors (Lipinski definition) is 2. The molecule has 104 valence electrons. The predicted molar refractivity (Wildman–Crippen MR) is 74.9 cm³/mol. The molecule has 0 aliphatic carbocycles. The van der Waals surface area contributed by atoms with Crippen LogP contribution in [0.15, 0.2) is 4.99 Å². The molecule has 4 heteroatoms. The minimum atomic E-state index is 0.411. The summed E-state index contributed by atoms with van der Waals surface area (Å²) in [6.07, 6.45) is 9.63. The van der Waals surface area contributed by atoms with E-state index in [4.69, 9.17) is 4.74 Å². The van der Waals surface area contributed by atoms with E-state index in [1.165, 1.54) is 38.5 Å². The van der Waals surface area contributed by atoms with Gasteiger partial charge in [-0.1, -0.05) is 26.2 Å². The fourth-order valence-electron chi connectivity index (χ4n) is 2.92. The van der Waals surface area contributed by atoms with Crippen molar-refractivity contribution in [3.63, 3.8) is 0 Å². The van der Waals surface area contributed by atoms with Crippen LogP contribution < -0.4 is 10.6 Å². The summed E-state index contributed by atoms with van der Waals surface area (Å²) in [4.78, 5) is 4.29. The number of nitrogens with zero attached hydrogens (tertiary/aromatic N) is 1. The smallest absolute Gasteiger partial charge is 0.191 e. The summed E-state index contributed by atoms with van der Waals surface area (Å²) in [5.41, 5.74) is 0. The van der Waals surface area contributed by atoms with Gasteiger partial charge in [0.05, 0.1) is 18.2 Å². The van der Waals surface area contributed by atoms with Crippen LogP contribution in [-0.2, 0) is 4.74 Å². The average Bonchev–Trinajstić information content (AvgIpc) is 2.99. The number of rotatable bonds is 6. The highest BCUT2D eigenvalue weighted by Gasteiger charge is 2.40. The molecule has 2 saturated heterocycles. The maximum atomic E-state index is 5.84. The molecule has 2 rings (SSSR count). The second-order valence-corrected chi connectivity index (χ2v) is 5.42. The summed E-state index contributed by atoms with van der Waals surface area (Å²) < 4.78 is 5.84. The van der Waals surface area contributed by atoms with Crippen LogP contribution in [0.4, 0.5) is 0 Å². The van der Waals surface area contributed by atoms with Crippen LogP contribution in [0.1, 0.15) is 51.9 Å². The number of nitrogens with one attached hydrogen (secondary N) is 2. The zero-order valence-electron chi connectivity index (χ0n) is 11.7. The first-order valence-corrected chi connectivity index (χ1v) is 7.46. The molecule has 0 saturated carbocycles. The Hall–Kier alpha value is -0.770. The summed E-state index contributed by atoms with van der Waals surface area (Å²) in [6.45, 7) is 3.25. The number of hydrogen-bond donors (Lipinski definition) is 2. The van der Waals surface area contributed by atoms with E-state index in [1.807, 2.05) is 7.05 Å². The van der Waals surface area contributed by atoms with Crippen molar-refractivity contribution in [2.24, 2.45) is 4.99 Å². The van der Waals surface area contributed by atoms with Crippen LogP contribution in [0.25, 0.3) is 0 Å². The van der Waals surface area contributed by atoms with Gasteiger partial charge >= 0.3 is 0 Å². The van der Waals surface area contributed by atoms with Gasteiger partial charge in [-0.2, -0.15) is 0 Å². The molecule has 3 atom stereocenters. The molecule has 0 aromatic carbocycles. The molecule has 0 aromatic heterocycles. The molecule has 2 N–H and O–H groups in total. The fourth-order valence-corrected chi connectivity index (χ4v) is 2.92. The van der Waals surface area contributed by atoms with Crippen molar-refractivity contribution < 1.29 is 4.74 Å². The molecule has 18 heavy (non-hydrogen) atoms. The number of ether oxygens (including phenoxy) is 1. The first-order chi connectivity index (χ1) is 8.83. The van der Waals surface area contributed by atoms with Gasteiger partial charge in [0.2, 0.25) is 0 Å². The van der Waals surface area contributed by atoms with E-state index < -0.39 is 0 Å². The van der Waals surface area contributed by atoms with E-state index in [0.717, 1.165) is 18.9 Å². The molecule has 2 bridgehead atoms. The van der Waals surface area contributed by atoms with Crippen molar-refractivity contribution in [2.45, 2.75) is 70.1 Å². The number of fused-ring (bicyclic) bond motifs is 2. The highest BCUT2D eigenvalue weighted by molar-refractivity contribution is 5.80. The van der Waals surface area contributed by atoms with Gasteiger partial charge in [-0.05, 0) is 25.7 Å². The largest absolute Gasteiger partial charge is 0.373 e. The minimum absolute atomic E-state index is 0.411. The van der Waals surface area contributed by atoms with E-state index in [1.54, 1.807) is 0 Å². The molecule has 0 spiro atoms. The fraction of sp³-hybridized carbons (Fsp3) is 0.929. The van der Waals surface area contributed by atoms with Gasteiger partial charge in [-0.3, -0.25) is 4.99 Å². The summed E-state index contributed by atoms with van der Waals surface area (Å²) in [5.74, 6) is 0.938. The van der Waals surface area contributed by atoms with Crippen LogP contribution in [0.3, 0.4) is 0 Å². The maximum absolute atomic E-state index is 5.84. The van der Waals surface area contributed by atoms with Gasteiger partial charge in [0.25, 0.3) is 0 Å². The normalized spacial score (nSPS) is 30.8. The third-order valence-electron chi connectivity index (χ3n) is 3.97. The van der Waals surface area contributed by atoms with Crippen molar-refractivity contribution in [1.29, 1.82) is 0 Å². The van der Waals surface area contributed by atoms with Crippen LogP contribution in [0, 0.1) is 0 Å². The van der Waals surface area contributed by atoms with Crippen molar-refractivity contribution >= 4 is 5.96 Å². The molecule has 2 fully saturated rings. The molecule has 2 aliphatic heterocycles. The molecular formula is C14H27N3O. The molecule has 0 amide bonds. The van der Waals surface area contributed by atoms with Crippen LogP contribution in [0.5, 0.6) is 0 Å². The Morgan fingerprint density at radius 2 is 2.17 bits per heavy atom. The Kier molecular flexibility index (Phi) is 5.29. The Labute approximate surface area is 111 Å². The van der Waals surface area contributed by atoms with Gasteiger partial charge < -0.3 is 15.4 Å². The zero-order chi connectivity index (χ0) is 12.8. The van der Waals surface area contributed by atoms with E-state index in [9.17, 15) is 0 Å². The molecule has 0 aromatic rings. The van der Waals surface area contributed by atoms with E-state index in [0.29, 0.717) is 18.2 Å². The van der Waals surface area contributed by atoms with E-state index in [2.05, 4.69) is 22.5 Å². The molecular weight excluding hydrogens is 226 g/mol. The average molecular weight is 253 g/mol. The van der Waals surface area contributed by atoms with Gasteiger partial charge in [-0.15, -0.1) is 0 Å². The highest BCUT2D eigenvalue weighted by Crippen LogP contribution is 2.34. The number of unbranched alkanes of at least 4 members (excludes halogenated alkanes) is 3. The minimum Gasteiger partial charge on any atom is -0.373 e. The quantitative estimate of drug-likeness (QED) is 0.433. The molecule has 3 unspecified atom stereocenters. The lowest BCUT2D eigenvalue weighted by Gasteiger charge is -2.22. The summed E-state index contributed by atoms with van der Waals surface area (Å²) in [7, 11) is 1.84. The Balaban J connectivity index is 1.64. The summed E-state index contributed by atoms with van der Waals surface area (Å²) >= 11 is 0. The van der Waals surface area contributed by atoms with Crippen molar-refractivity contribution in [3.8, 4) is 0 Å². The molecule has 2 heterocycles. The lowest BCUT2D eigenvalue weighted by molar-refractivity contribution is 0.0992. The second-order valence-electron chi connectivity index (χ2n) is 5.42. The van der Waals surface area contributed by atoms with Crippen LogP contribution in [-0.4, -0.2) is 37.8 Å². The first-order valence-electron chi connectivity index (χ1n) is 7.46. The highest BCUT2D eigenvalue weighted by atomic mass is 16.5. The van der Waals surface area contributed by atoms with Gasteiger partial charge in [0.1, 0.15) is 0 Å². The van der Waals surface area contributed by atoms with Crippen molar-refractivity contribution in [1.82, 2.24) is 10.6 Å². The lowest BCUT2D eigenvalue weighted by atomic mass is 9.96. The summed E-state index contributed by atoms with van der Waals surface area (Å²) in [6, 6.07) is 0.464. The van der Waals surface area contributed by atoms with Gasteiger partial charge in [-0.25, -0.2) is 0 Å². The molecule has 4 nitrogen and oxygen atoms in total. The number of aliphatic imine (C=N–C) groups is 1. The SMILES string of the molecule is CCCCCCNC(=NC)NC1CC2CCC1O2. The van der Waals surface area contributed by atoms with E-state index in [-0.39, 0.29) is 0 Å². The van der Waals surface area contributed by atoms with Crippen molar-refractivity contribution in [3.05, 3.63) is 0 Å². The van der Waals surface area contributed by atoms with E-state index >= 15 is 0 Å². The first kappa shape index (κ1) is 13.7. The van der Waals surface area contributed by atoms with Gasteiger partial charge in [0.15, 0.2) is 5.96 Å².